The second-order valence-corrected chi connectivity index (χ2v) is 11.7. The van der Waals surface area contributed by atoms with E-state index in [2.05, 4.69) is 33.4 Å². The molecule has 9 heteroatoms. The van der Waals surface area contributed by atoms with Crippen LogP contribution in [0, 0.1) is 13.8 Å². The molecule has 0 saturated heterocycles. The molecule has 2 aliphatic rings. The number of carbonyl (C=O) groups is 1. The fourth-order valence-electron chi connectivity index (χ4n) is 5.26. The molecule has 1 aliphatic carbocycles. The Morgan fingerprint density at radius 2 is 1.92 bits per heavy atom. The zero-order valence-electron chi connectivity index (χ0n) is 21.6. The van der Waals surface area contributed by atoms with Gasteiger partial charge in [0, 0.05) is 12.1 Å². The number of carbonyl (C=O) groups excluding carboxylic acids is 1. The Hall–Kier alpha value is -3.00. The Balaban J connectivity index is 1.41. The number of hydrogen-bond donors (Lipinski definition) is 0. The van der Waals surface area contributed by atoms with Gasteiger partial charge in [-0.1, -0.05) is 12.1 Å². The molecular formula is C27H33ClN6O2. The number of alkyl halides is 1. The molecule has 0 radical (unpaired) electrons. The van der Waals surface area contributed by atoms with Crippen LogP contribution in [0.25, 0.3) is 5.69 Å². The van der Waals surface area contributed by atoms with E-state index in [9.17, 15) is 4.79 Å². The Morgan fingerprint density at radius 3 is 2.64 bits per heavy atom. The molecule has 0 bridgehead atoms. The Morgan fingerprint density at radius 1 is 1.17 bits per heavy atom. The van der Waals surface area contributed by atoms with Crippen LogP contribution in [0.3, 0.4) is 0 Å². The van der Waals surface area contributed by atoms with Crippen molar-refractivity contribution in [2.75, 3.05) is 0 Å². The summed E-state index contributed by atoms with van der Waals surface area (Å²) >= 11 is 7.30. The normalized spacial score (nSPS) is 21.9. The molecule has 1 amide bonds. The molecule has 0 N–H and O–H groups in total. The van der Waals surface area contributed by atoms with E-state index in [1.165, 1.54) is 0 Å². The lowest BCUT2D eigenvalue weighted by Crippen LogP contribution is -2.36. The molecule has 36 heavy (non-hydrogen) atoms. The summed E-state index contributed by atoms with van der Waals surface area (Å²) in [6.07, 6.45) is 6.76. The van der Waals surface area contributed by atoms with Crippen LogP contribution in [0.1, 0.15) is 86.4 Å². The van der Waals surface area contributed by atoms with Gasteiger partial charge >= 0.3 is 6.09 Å². The molecule has 2 aromatic heterocycles. The summed E-state index contributed by atoms with van der Waals surface area (Å²) in [6.45, 7) is 10.4. The third-order valence-electron chi connectivity index (χ3n) is 7.10. The van der Waals surface area contributed by atoms with Crippen LogP contribution in [0.15, 0.2) is 30.7 Å². The van der Waals surface area contributed by atoms with E-state index in [-0.39, 0.29) is 6.09 Å². The molecule has 1 fully saturated rings. The largest absolute Gasteiger partial charge is 0.444 e. The lowest BCUT2D eigenvalue weighted by Gasteiger charge is -2.36. The summed E-state index contributed by atoms with van der Waals surface area (Å²) in [7, 11) is 0. The molecule has 190 valence electrons. The second kappa shape index (κ2) is 9.14. The summed E-state index contributed by atoms with van der Waals surface area (Å²) in [5.41, 5.74) is 5.51. The number of benzene rings is 1. The summed E-state index contributed by atoms with van der Waals surface area (Å²) in [5.74, 6) is 1.07. The minimum absolute atomic E-state index is 0.323. The Labute approximate surface area is 217 Å². The predicted octanol–water partition coefficient (Wildman–Crippen LogP) is 5.72. The molecule has 5 rings (SSSR count). The Kier molecular flexibility index (Phi) is 6.27. The molecule has 1 aromatic carbocycles. The molecule has 0 spiro atoms. The van der Waals surface area contributed by atoms with Gasteiger partial charge in [-0.2, -0.15) is 0 Å². The topological polar surface area (TPSA) is 86.0 Å². The first-order valence-corrected chi connectivity index (χ1v) is 12.9. The van der Waals surface area contributed by atoms with Gasteiger partial charge < -0.3 is 4.74 Å². The van der Waals surface area contributed by atoms with E-state index in [1.54, 1.807) is 11.2 Å². The summed E-state index contributed by atoms with van der Waals surface area (Å²) in [5, 5.41) is 8.33. The maximum absolute atomic E-state index is 13.0. The predicted molar refractivity (Wildman–Crippen MR) is 137 cm³/mol. The van der Waals surface area contributed by atoms with Crippen molar-refractivity contribution in [2.45, 2.75) is 89.8 Å². The van der Waals surface area contributed by atoms with E-state index in [1.807, 2.05) is 45.4 Å². The number of fused-ring (bicyclic) bond motifs is 3. The van der Waals surface area contributed by atoms with Crippen molar-refractivity contribution < 1.29 is 9.53 Å². The van der Waals surface area contributed by atoms with Crippen LogP contribution < -0.4 is 0 Å². The van der Waals surface area contributed by atoms with Gasteiger partial charge in [0.05, 0.1) is 40.7 Å². The van der Waals surface area contributed by atoms with Crippen molar-refractivity contribution in [2.24, 2.45) is 0 Å². The molecule has 1 saturated carbocycles. The molecule has 3 aromatic rings. The van der Waals surface area contributed by atoms with Crippen LogP contribution in [0.4, 0.5) is 4.79 Å². The SMILES string of the molecule is Cc1cnc(C)c(C2CCC(Cl)(c3ccc4c(c3)CN(C(=O)OC(C)(C)C)Cc3nncn3-4)CC2)n1. The van der Waals surface area contributed by atoms with E-state index in [0.717, 1.165) is 59.6 Å². The average Bonchev–Trinajstić information content (AvgIpc) is 3.21. The van der Waals surface area contributed by atoms with Crippen LogP contribution in [0.2, 0.25) is 0 Å². The van der Waals surface area contributed by atoms with Gasteiger partial charge in [-0.3, -0.25) is 19.4 Å². The van der Waals surface area contributed by atoms with Crippen LogP contribution >= 0.6 is 11.6 Å². The van der Waals surface area contributed by atoms with Crippen molar-refractivity contribution in [3.63, 3.8) is 0 Å². The highest BCUT2D eigenvalue weighted by Crippen LogP contribution is 2.48. The van der Waals surface area contributed by atoms with E-state index in [4.69, 9.17) is 21.3 Å². The van der Waals surface area contributed by atoms with Crippen LogP contribution in [-0.2, 0) is 22.7 Å². The molecule has 0 atom stereocenters. The van der Waals surface area contributed by atoms with Crippen molar-refractivity contribution >= 4 is 17.7 Å². The van der Waals surface area contributed by atoms with Gasteiger partial charge in [-0.15, -0.1) is 21.8 Å². The second-order valence-electron chi connectivity index (χ2n) is 11.0. The maximum Gasteiger partial charge on any atom is 0.411 e. The molecule has 1 aliphatic heterocycles. The number of ether oxygens (including phenoxy) is 1. The standard InChI is InChI=1S/C27H33ClN6O2/c1-17-13-29-18(2)24(31-17)19-8-10-27(28,11-9-19)21-6-7-22-20(12-21)14-33(25(35)36-26(3,4)5)15-23-32-30-16-34(22)23/h6-7,12-13,16,19H,8-11,14-15H2,1-5H3. The van der Waals surface area contributed by atoms with Gasteiger partial charge in [0.25, 0.3) is 0 Å². The van der Waals surface area contributed by atoms with E-state index in [0.29, 0.717) is 24.8 Å². The van der Waals surface area contributed by atoms with Gasteiger partial charge in [-0.25, -0.2) is 4.79 Å². The number of rotatable bonds is 2. The Bertz CT molecular complexity index is 1290. The molecule has 8 nitrogen and oxygen atoms in total. The summed E-state index contributed by atoms with van der Waals surface area (Å²) < 4.78 is 7.61. The number of aryl methyl sites for hydroxylation is 2. The third kappa shape index (κ3) is 4.83. The van der Waals surface area contributed by atoms with E-state index < -0.39 is 10.5 Å². The minimum Gasteiger partial charge on any atom is -0.444 e. The first-order valence-electron chi connectivity index (χ1n) is 12.5. The molecule has 3 heterocycles. The highest BCUT2D eigenvalue weighted by molar-refractivity contribution is 6.24. The van der Waals surface area contributed by atoms with Crippen LogP contribution in [-0.4, -0.2) is 41.3 Å². The van der Waals surface area contributed by atoms with Crippen molar-refractivity contribution in [3.05, 3.63) is 64.8 Å². The molecule has 0 unspecified atom stereocenters. The van der Waals surface area contributed by atoms with Gasteiger partial charge in [0.15, 0.2) is 5.82 Å². The van der Waals surface area contributed by atoms with Crippen LogP contribution in [0.5, 0.6) is 0 Å². The zero-order valence-corrected chi connectivity index (χ0v) is 22.3. The highest BCUT2D eigenvalue weighted by atomic mass is 35.5. The fraction of sp³-hybridized carbons (Fsp3) is 0.519. The monoisotopic (exact) mass is 508 g/mol. The summed E-state index contributed by atoms with van der Waals surface area (Å²) in [6, 6.07) is 6.33. The average molecular weight is 509 g/mol. The van der Waals surface area contributed by atoms with Gasteiger partial charge in [0.1, 0.15) is 11.9 Å². The lowest BCUT2D eigenvalue weighted by molar-refractivity contribution is 0.0214. The molecular weight excluding hydrogens is 476 g/mol. The van der Waals surface area contributed by atoms with Crippen molar-refractivity contribution in [1.82, 2.24) is 29.6 Å². The van der Waals surface area contributed by atoms with Crippen molar-refractivity contribution in [3.8, 4) is 5.69 Å². The number of nitrogens with zero attached hydrogens (tertiary/aromatic N) is 6. The number of hydrogen-bond acceptors (Lipinski definition) is 6. The number of halogens is 1. The van der Waals surface area contributed by atoms with Crippen molar-refractivity contribution in [1.29, 1.82) is 0 Å². The minimum atomic E-state index is -0.583. The first-order chi connectivity index (χ1) is 17.0. The first kappa shape index (κ1) is 24.7. The zero-order chi connectivity index (χ0) is 25.7. The quantitative estimate of drug-likeness (QED) is 0.412. The number of amides is 1. The summed E-state index contributed by atoms with van der Waals surface area (Å²) in [4.78, 5) is 23.5. The number of aromatic nitrogens is 5. The highest BCUT2D eigenvalue weighted by Gasteiger charge is 2.37. The van der Waals surface area contributed by atoms with E-state index >= 15 is 0 Å². The maximum atomic E-state index is 13.0. The van der Waals surface area contributed by atoms with Gasteiger partial charge in [0.2, 0.25) is 0 Å². The van der Waals surface area contributed by atoms with Gasteiger partial charge in [-0.05, 0) is 77.5 Å². The third-order valence-corrected chi connectivity index (χ3v) is 7.69. The smallest absolute Gasteiger partial charge is 0.411 e. The fourth-order valence-corrected chi connectivity index (χ4v) is 5.60. The lowest BCUT2D eigenvalue weighted by atomic mass is 9.76.